The molecule has 2 nitrogen and oxygen atoms in total. The summed E-state index contributed by atoms with van der Waals surface area (Å²) in [5.74, 6) is -0.876. The molecular weight excluding hydrogens is 219 g/mol. The maximum atomic E-state index is 13.3. The number of aliphatic hydroxyl groups is 1. The molecule has 78 valence electrons. The lowest BCUT2D eigenvalue weighted by Crippen LogP contribution is -1.99. The van der Waals surface area contributed by atoms with Gasteiger partial charge < -0.3 is 9.52 Å². The lowest BCUT2D eigenvalue weighted by Gasteiger charge is -2.07. The van der Waals surface area contributed by atoms with Crippen molar-refractivity contribution in [2.75, 3.05) is 0 Å². The smallest absolute Gasteiger partial charge is 0.186 e. The molecule has 2 rings (SSSR count). The number of rotatable bonds is 2. The fourth-order valence-electron chi connectivity index (χ4n) is 1.31. The standard InChI is InChI=1S/C11H8ClFO2/c12-8-6-15-11(9(8)13)10(14)7-4-2-1-3-5-7/h1-6,10,14H. The van der Waals surface area contributed by atoms with E-state index in [4.69, 9.17) is 16.0 Å². The van der Waals surface area contributed by atoms with Crippen molar-refractivity contribution in [3.05, 3.63) is 58.8 Å². The molecule has 0 spiro atoms. The Morgan fingerprint density at radius 1 is 1.27 bits per heavy atom. The second-order valence-corrected chi connectivity index (χ2v) is 3.48. The molecule has 0 aliphatic rings. The molecular formula is C11H8ClFO2. The first-order valence-corrected chi connectivity index (χ1v) is 4.73. The van der Waals surface area contributed by atoms with Crippen LogP contribution in [0.3, 0.4) is 0 Å². The summed E-state index contributed by atoms with van der Waals surface area (Å²) in [5, 5.41) is 9.67. The van der Waals surface area contributed by atoms with Crippen molar-refractivity contribution in [1.29, 1.82) is 0 Å². The van der Waals surface area contributed by atoms with Gasteiger partial charge in [-0.1, -0.05) is 41.9 Å². The maximum Gasteiger partial charge on any atom is 0.186 e. The summed E-state index contributed by atoms with van der Waals surface area (Å²) in [6, 6.07) is 8.67. The van der Waals surface area contributed by atoms with Crippen LogP contribution in [-0.4, -0.2) is 5.11 Å². The minimum Gasteiger partial charge on any atom is -0.461 e. The van der Waals surface area contributed by atoms with Gasteiger partial charge in [0.15, 0.2) is 11.6 Å². The van der Waals surface area contributed by atoms with E-state index in [1.807, 2.05) is 6.07 Å². The van der Waals surface area contributed by atoms with Gasteiger partial charge in [-0.05, 0) is 5.56 Å². The van der Waals surface area contributed by atoms with Gasteiger partial charge >= 0.3 is 0 Å². The first kappa shape index (κ1) is 10.2. The third-order valence-electron chi connectivity index (χ3n) is 2.08. The predicted molar refractivity (Wildman–Crippen MR) is 54.2 cm³/mol. The van der Waals surface area contributed by atoms with Crippen molar-refractivity contribution in [2.45, 2.75) is 6.10 Å². The highest BCUT2D eigenvalue weighted by atomic mass is 35.5. The van der Waals surface area contributed by atoms with Crippen molar-refractivity contribution in [3.8, 4) is 0 Å². The van der Waals surface area contributed by atoms with E-state index in [0.717, 1.165) is 6.26 Å². The molecule has 15 heavy (non-hydrogen) atoms. The van der Waals surface area contributed by atoms with Gasteiger partial charge in [0.05, 0.1) is 0 Å². The zero-order chi connectivity index (χ0) is 10.8. The molecule has 1 unspecified atom stereocenters. The van der Waals surface area contributed by atoms with Crippen molar-refractivity contribution in [3.63, 3.8) is 0 Å². The number of hydrogen-bond donors (Lipinski definition) is 1. The van der Waals surface area contributed by atoms with Crippen LogP contribution in [0.2, 0.25) is 5.02 Å². The molecule has 0 bridgehead atoms. The number of furan rings is 1. The Balaban J connectivity index is 2.37. The minimum atomic E-state index is -1.13. The van der Waals surface area contributed by atoms with Gasteiger partial charge in [0.25, 0.3) is 0 Å². The van der Waals surface area contributed by atoms with E-state index < -0.39 is 11.9 Å². The first-order valence-electron chi connectivity index (χ1n) is 4.35. The molecule has 0 fully saturated rings. The molecule has 1 N–H and O–H groups in total. The Kier molecular flexibility index (Phi) is 2.75. The second-order valence-electron chi connectivity index (χ2n) is 3.08. The van der Waals surface area contributed by atoms with Crippen molar-refractivity contribution < 1.29 is 13.9 Å². The van der Waals surface area contributed by atoms with E-state index in [9.17, 15) is 9.50 Å². The molecule has 0 radical (unpaired) electrons. The summed E-state index contributed by atoms with van der Waals surface area (Å²) < 4.78 is 18.2. The lowest BCUT2D eigenvalue weighted by molar-refractivity contribution is 0.182. The minimum absolute atomic E-state index is 0.125. The van der Waals surface area contributed by atoms with Crippen LogP contribution in [-0.2, 0) is 0 Å². The Bertz CT molecular complexity index is 453. The molecule has 0 saturated carbocycles. The second kappa shape index (κ2) is 4.04. The van der Waals surface area contributed by atoms with Gasteiger partial charge in [0.1, 0.15) is 17.4 Å². The fraction of sp³-hybridized carbons (Fsp3) is 0.0909. The zero-order valence-electron chi connectivity index (χ0n) is 7.65. The topological polar surface area (TPSA) is 33.4 Å². The summed E-state index contributed by atoms with van der Waals surface area (Å²) in [6.45, 7) is 0. The Hall–Kier alpha value is -1.32. The fourth-order valence-corrected chi connectivity index (χ4v) is 1.45. The Labute approximate surface area is 90.9 Å². The number of aliphatic hydroxyl groups excluding tert-OH is 1. The Morgan fingerprint density at radius 3 is 2.47 bits per heavy atom. The SMILES string of the molecule is OC(c1ccccc1)c1occ(Cl)c1F. The maximum absolute atomic E-state index is 13.3. The molecule has 0 aliphatic carbocycles. The van der Waals surface area contributed by atoms with Crippen LogP contribution >= 0.6 is 11.6 Å². The van der Waals surface area contributed by atoms with Crippen LogP contribution in [0.4, 0.5) is 4.39 Å². The summed E-state index contributed by atoms with van der Waals surface area (Å²) in [5.41, 5.74) is 0.558. The van der Waals surface area contributed by atoms with E-state index >= 15 is 0 Å². The van der Waals surface area contributed by atoms with Crippen molar-refractivity contribution >= 4 is 11.6 Å². The van der Waals surface area contributed by atoms with Gasteiger partial charge in [-0.25, -0.2) is 4.39 Å². The van der Waals surface area contributed by atoms with E-state index in [1.54, 1.807) is 24.3 Å². The molecule has 0 aliphatic heterocycles. The highest BCUT2D eigenvalue weighted by Crippen LogP contribution is 2.29. The Morgan fingerprint density at radius 2 is 1.93 bits per heavy atom. The van der Waals surface area contributed by atoms with Crippen molar-refractivity contribution in [2.24, 2.45) is 0 Å². The summed E-state index contributed by atoms with van der Waals surface area (Å²) in [7, 11) is 0. The van der Waals surface area contributed by atoms with E-state index in [1.165, 1.54) is 0 Å². The van der Waals surface area contributed by atoms with Gasteiger partial charge in [0, 0.05) is 0 Å². The van der Waals surface area contributed by atoms with Crippen LogP contribution in [0.25, 0.3) is 0 Å². The van der Waals surface area contributed by atoms with Crippen molar-refractivity contribution in [1.82, 2.24) is 0 Å². The number of halogens is 2. The van der Waals surface area contributed by atoms with Gasteiger partial charge in [-0.2, -0.15) is 0 Å². The largest absolute Gasteiger partial charge is 0.461 e. The van der Waals surface area contributed by atoms with Gasteiger partial charge in [0.2, 0.25) is 0 Å². The molecule has 1 heterocycles. The third-order valence-corrected chi connectivity index (χ3v) is 2.33. The molecule has 1 aromatic carbocycles. The molecule has 2 aromatic rings. The van der Waals surface area contributed by atoms with E-state index in [-0.39, 0.29) is 10.8 Å². The monoisotopic (exact) mass is 226 g/mol. The summed E-state index contributed by atoms with van der Waals surface area (Å²) >= 11 is 5.48. The first-order chi connectivity index (χ1) is 7.20. The lowest BCUT2D eigenvalue weighted by atomic mass is 10.1. The normalized spacial score (nSPS) is 12.7. The molecule has 1 aromatic heterocycles. The average molecular weight is 227 g/mol. The van der Waals surface area contributed by atoms with Crippen LogP contribution in [0.5, 0.6) is 0 Å². The molecule has 1 atom stereocenters. The van der Waals surface area contributed by atoms with Crippen LogP contribution in [0.1, 0.15) is 17.4 Å². The van der Waals surface area contributed by atoms with Crippen LogP contribution in [0, 0.1) is 5.82 Å². The van der Waals surface area contributed by atoms with Gasteiger partial charge in [-0.15, -0.1) is 0 Å². The summed E-state index contributed by atoms with van der Waals surface area (Å²) in [6.07, 6.45) is -0.0584. The van der Waals surface area contributed by atoms with Gasteiger partial charge in [-0.3, -0.25) is 0 Å². The summed E-state index contributed by atoms with van der Waals surface area (Å²) in [4.78, 5) is 0. The predicted octanol–water partition coefficient (Wildman–Crippen LogP) is 3.15. The zero-order valence-corrected chi connectivity index (χ0v) is 8.41. The van der Waals surface area contributed by atoms with Crippen LogP contribution < -0.4 is 0 Å². The van der Waals surface area contributed by atoms with E-state index in [2.05, 4.69) is 0 Å². The number of benzene rings is 1. The average Bonchev–Trinajstić information content (AvgIpc) is 2.60. The van der Waals surface area contributed by atoms with E-state index in [0.29, 0.717) is 5.56 Å². The molecule has 0 amide bonds. The molecule has 4 heteroatoms. The quantitative estimate of drug-likeness (QED) is 0.853. The van der Waals surface area contributed by atoms with Crippen LogP contribution in [0.15, 0.2) is 41.0 Å². The highest BCUT2D eigenvalue weighted by Gasteiger charge is 2.21. The third kappa shape index (κ3) is 1.89. The molecule has 0 saturated heterocycles. The highest BCUT2D eigenvalue weighted by molar-refractivity contribution is 6.30. The number of hydrogen-bond acceptors (Lipinski definition) is 2.